The highest BCUT2D eigenvalue weighted by atomic mass is 19.1. The average molecular weight is 424 g/mol. The third kappa shape index (κ3) is 8.96. The molecule has 8 nitrogen and oxygen atoms in total. The molecule has 2 N–H and O–H groups in total. The van der Waals surface area contributed by atoms with Crippen molar-refractivity contribution in [3.05, 3.63) is 30.1 Å². The van der Waals surface area contributed by atoms with Crippen molar-refractivity contribution in [3.63, 3.8) is 0 Å². The maximum absolute atomic E-state index is 13.4. The molecule has 1 atom stereocenters. The monoisotopic (exact) mass is 423 g/mol. The van der Waals surface area contributed by atoms with Crippen molar-refractivity contribution in [1.29, 1.82) is 0 Å². The zero-order valence-corrected chi connectivity index (χ0v) is 18.2. The number of likely N-dealkylation sites (N-methyl/N-ethyl adjacent to an activating group) is 1. The van der Waals surface area contributed by atoms with Crippen molar-refractivity contribution in [2.75, 3.05) is 66.6 Å². The molecule has 1 aliphatic heterocycles. The summed E-state index contributed by atoms with van der Waals surface area (Å²) in [6.07, 6.45) is 0.573. The molecule has 168 valence electrons. The van der Waals surface area contributed by atoms with E-state index in [1.54, 1.807) is 26.2 Å². The minimum atomic E-state index is -0.329. The summed E-state index contributed by atoms with van der Waals surface area (Å²) in [5.74, 6) is 0.641. The lowest BCUT2D eigenvalue weighted by Gasteiger charge is -2.27. The molecule has 0 radical (unpaired) electrons. The van der Waals surface area contributed by atoms with E-state index in [9.17, 15) is 9.18 Å². The number of halogens is 1. The quantitative estimate of drug-likeness (QED) is 0.431. The molecule has 0 bridgehead atoms. The molecule has 2 rings (SSSR count). The number of carbonyl (C=O) groups is 1. The second-order valence-electron chi connectivity index (χ2n) is 7.32. The van der Waals surface area contributed by atoms with Gasteiger partial charge in [0.2, 0.25) is 5.91 Å². The van der Waals surface area contributed by atoms with Crippen LogP contribution in [0.3, 0.4) is 0 Å². The van der Waals surface area contributed by atoms with Gasteiger partial charge in [-0.15, -0.1) is 0 Å². The van der Waals surface area contributed by atoms with Crippen molar-refractivity contribution in [2.24, 2.45) is 4.99 Å². The van der Waals surface area contributed by atoms with Crippen LogP contribution in [0.4, 0.5) is 4.39 Å². The minimum absolute atomic E-state index is 0.0570. The first-order valence-corrected chi connectivity index (χ1v) is 10.4. The fourth-order valence-corrected chi connectivity index (χ4v) is 2.83. The highest BCUT2D eigenvalue weighted by Gasteiger charge is 2.13. The molecule has 1 aliphatic rings. The Balaban J connectivity index is 1.89. The molecule has 0 spiro atoms. The Labute approximate surface area is 178 Å². The Morgan fingerprint density at radius 1 is 1.33 bits per heavy atom. The highest BCUT2D eigenvalue weighted by Crippen LogP contribution is 2.14. The van der Waals surface area contributed by atoms with E-state index in [0.717, 1.165) is 39.3 Å². The van der Waals surface area contributed by atoms with E-state index in [2.05, 4.69) is 20.5 Å². The lowest BCUT2D eigenvalue weighted by atomic mass is 10.2. The van der Waals surface area contributed by atoms with Crippen LogP contribution in [0.15, 0.2) is 29.3 Å². The fourth-order valence-electron chi connectivity index (χ4n) is 2.83. The van der Waals surface area contributed by atoms with Gasteiger partial charge < -0.3 is 25.0 Å². The van der Waals surface area contributed by atoms with Gasteiger partial charge in [0.15, 0.2) is 5.96 Å². The molecule has 1 amide bonds. The third-order valence-electron chi connectivity index (χ3n) is 4.75. The van der Waals surface area contributed by atoms with E-state index < -0.39 is 0 Å². The SMILES string of the molecule is CCC(CNC(=NCC(=O)N(C)C)NCCN1CCOCC1)Oc1cccc(F)c1. The van der Waals surface area contributed by atoms with Gasteiger partial charge in [0, 0.05) is 46.3 Å². The van der Waals surface area contributed by atoms with Crippen molar-refractivity contribution in [1.82, 2.24) is 20.4 Å². The second kappa shape index (κ2) is 13.0. The smallest absolute Gasteiger partial charge is 0.243 e. The van der Waals surface area contributed by atoms with Crippen molar-refractivity contribution < 1.29 is 18.7 Å². The molecule has 1 aromatic rings. The van der Waals surface area contributed by atoms with Crippen LogP contribution in [-0.4, -0.2) is 94.3 Å². The summed E-state index contributed by atoms with van der Waals surface area (Å²) in [6.45, 7) is 7.45. The van der Waals surface area contributed by atoms with Gasteiger partial charge in [-0.1, -0.05) is 13.0 Å². The Morgan fingerprint density at radius 3 is 2.77 bits per heavy atom. The molecule has 9 heteroatoms. The number of amides is 1. The summed E-state index contributed by atoms with van der Waals surface area (Å²) >= 11 is 0. The summed E-state index contributed by atoms with van der Waals surface area (Å²) in [6, 6.07) is 6.11. The Morgan fingerprint density at radius 2 is 2.10 bits per heavy atom. The number of benzene rings is 1. The third-order valence-corrected chi connectivity index (χ3v) is 4.75. The Bertz CT molecular complexity index is 680. The van der Waals surface area contributed by atoms with Gasteiger partial charge in [0.1, 0.15) is 24.2 Å². The summed E-state index contributed by atoms with van der Waals surface area (Å²) in [4.78, 5) is 20.1. The topological polar surface area (TPSA) is 78.4 Å². The van der Waals surface area contributed by atoms with Crippen LogP contribution >= 0.6 is 0 Å². The zero-order chi connectivity index (χ0) is 21.8. The second-order valence-corrected chi connectivity index (χ2v) is 7.32. The maximum atomic E-state index is 13.4. The number of morpholine rings is 1. The molecule has 0 aliphatic carbocycles. The predicted octanol–water partition coefficient (Wildman–Crippen LogP) is 0.939. The van der Waals surface area contributed by atoms with E-state index in [1.807, 2.05) is 6.92 Å². The number of aliphatic imine (C=N–C) groups is 1. The first-order valence-electron chi connectivity index (χ1n) is 10.4. The number of carbonyl (C=O) groups excluding carboxylic acids is 1. The number of rotatable bonds is 10. The average Bonchev–Trinajstić information content (AvgIpc) is 2.74. The van der Waals surface area contributed by atoms with E-state index in [0.29, 0.717) is 24.8 Å². The largest absolute Gasteiger partial charge is 0.489 e. The lowest BCUT2D eigenvalue weighted by Crippen LogP contribution is -2.46. The highest BCUT2D eigenvalue weighted by molar-refractivity contribution is 5.84. The standard InChI is InChI=1S/C21H34FN5O3/c1-4-18(30-19-7-5-6-17(22)14-19)15-24-21(25-16-20(28)26(2)3)23-8-9-27-10-12-29-13-11-27/h5-7,14,18H,4,8-13,15-16H2,1-3H3,(H2,23,24,25). The number of nitrogens with one attached hydrogen (secondary N) is 2. The van der Waals surface area contributed by atoms with Gasteiger partial charge in [-0.3, -0.25) is 9.69 Å². The van der Waals surface area contributed by atoms with E-state index in [1.165, 1.54) is 17.0 Å². The number of hydrogen-bond acceptors (Lipinski definition) is 5. The Hall–Kier alpha value is -2.39. The van der Waals surface area contributed by atoms with Crippen molar-refractivity contribution >= 4 is 11.9 Å². The van der Waals surface area contributed by atoms with Crippen LogP contribution < -0.4 is 15.4 Å². The Kier molecular flexibility index (Phi) is 10.4. The molecule has 1 aromatic carbocycles. The number of ether oxygens (including phenoxy) is 2. The first kappa shape index (κ1) is 23.9. The van der Waals surface area contributed by atoms with Crippen LogP contribution in [0.1, 0.15) is 13.3 Å². The summed E-state index contributed by atoms with van der Waals surface area (Å²) < 4.78 is 24.6. The maximum Gasteiger partial charge on any atom is 0.243 e. The predicted molar refractivity (Wildman–Crippen MR) is 115 cm³/mol. The van der Waals surface area contributed by atoms with E-state index in [4.69, 9.17) is 9.47 Å². The van der Waals surface area contributed by atoms with Crippen molar-refractivity contribution in [3.8, 4) is 5.75 Å². The van der Waals surface area contributed by atoms with Gasteiger partial charge in [-0.2, -0.15) is 0 Å². The zero-order valence-electron chi connectivity index (χ0n) is 18.2. The van der Waals surface area contributed by atoms with Crippen LogP contribution in [0.2, 0.25) is 0 Å². The molecule has 1 saturated heterocycles. The molecule has 1 fully saturated rings. The van der Waals surface area contributed by atoms with Gasteiger partial charge in [0.05, 0.1) is 19.8 Å². The number of guanidine groups is 1. The van der Waals surface area contributed by atoms with Gasteiger partial charge >= 0.3 is 0 Å². The summed E-state index contributed by atoms with van der Waals surface area (Å²) in [5.41, 5.74) is 0. The normalized spacial score (nSPS) is 16.1. The van der Waals surface area contributed by atoms with Crippen LogP contribution in [0.5, 0.6) is 5.75 Å². The number of hydrogen-bond donors (Lipinski definition) is 2. The molecular weight excluding hydrogens is 389 g/mol. The molecule has 0 saturated carbocycles. The lowest BCUT2D eigenvalue weighted by molar-refractivity contribution is -0.127. The molecule has 30 heavy (non-hydrogen) atoms. The molecular formula is C21H34FN5O3. The van der Waals surface area contributed by atoms with Crippen LogP contribution in [0.25, 0.3) is 0 Å². The molecule has 0 aromatic heterocycles. The molecule has 1 heterocycles. The summed E-state index contributed by atoms with van der Waals surface area (Å²) in [7, 11) is 3.41. The van der Waals surface area contributed by atoms with Gasteiger partial charge in [-0.05, 0) is 18.6 Å². The van der Waals surface area contributed by atoms with Crippen molar-refractivity contribution in [2.45, 2.75) is 19.4 Å². The fraction of sp³-hybridized carbons (Fsp3) is 0.619. The number of nitrogens with zero attached hydrogens (tertiary/aromatic N) is 3. The molecule has 1 unspecified atom stereocenters. The summed E-state index contributed by atoms with van der Waals surface area (Å²) in [5, 5.41) is 6.53. The van der Waals surface area contributed by atoms with Crippen LogP contribution in [0, 0.1) is 5.82 Å². The first-order chi connectivity index (χ1) is 14.5. The minimum Gasteiger partial charge on any atom is -0.489 e. The van der Waals surface area contributed by atoms with Crippen LogP contribution in [-0.2, 0) is 9.53 Å². The van der Waals surface area contributed by atoms with Gasteiger partial charge in [0.25, 0.3) is 0 Å². The van der Waals surface area contributed by atoms with Gasteiger partial charge in [-0.25, -0.2) is 9.38 Å². The van der Waals surface area contributed by atoms with E-state index in [-0.39, 0.29) is 24.4 Å². The van der Waals surface area contributed by atoms with E-state index >= 15 is 0 Å².